The number of thioether (sulfide) groups is 1. The van der Waals surface area contributed by atoms with E-state index in [9.17, 15) is 4.79 Å². The van der Waals surface area contributed by atoms with Gasteiger partial charge in [0.25, 0.3) is 5.56 Å². The molecule has 0 amide bonds. The van der Waals surface area contributed by atoms with Crippen molar-refractivity contribution in [3.05, 3.63) is 105 Å². The fraction of sp³-hybridized carbons (Fsp3) is 0.312. The van der Waals surface area contributed by atoms with E-state index in [1.807, 2.05) is 28.8 Å². The van der Waals surface area contributed by atoms with E-state index in [0.29, 0.717) is 0 Å². The minimum Gasteiger partial charge on any atom is -0.497 e. The molecule has 4 aromatic rings. The molecule has 2 aliphatic rings. The molecule has 0 radical (unpaired) electrons. The van der Waals surface area contributed by atoms with Crippen molar-refractivity contribution in [2.75, 3.05) is 7.11 Å². The Kier molecular flexibility index (Phi) is 6.41. The van der Waals surface area contributed by atoms with Crippen LogP contribution in [0.5, 0.6) is 5.75 Å². The number of nitrogens with zero attached hydrogens (tertiary/aromatic N) is 2. The quantitative estimate of drug-likeness (QED) is 0.210. The molecule has 0 atom stereocenters. The van der Waals surface area contributed by atoms with Crippen LogP contribution in [0.3, 0.4) is 0 Å². The third kappa shape index (κ3) is 4.40. The van der Waals surface area contributed by atoms with Crippen LogP contribution < -0.4 is 10.3 Å². The molecule has 5 heteroatoms. The molecule has 0 saturated heterocycles. The van der Waals surface area contributed by atoms with Gasteiger partial charge in [-0.3, -0.25) is 9.36 Å². The molecule has 0 bridgehead atoms. The Balaban J connectivity index is 1.57. The number of hydrogen-bond acceptors (Lipinski definition) is 4. The van der Waals surface area contributed by atoms with Crippen LogP contribution in [0.1, 0.15) is 54.4 Å². The van der Waals surface area contributed by atoms with Crippen LogP contribution in [0, 0.1) is 6.92 Å². The van der Waals surface area contributed by atoms with E-state index < -0.39 is 0 Å². The van der Waals surface area contributed by atoms with Crippen molar-refractivity contribution >= 4 is 11.8 Å². The molecule has 0 N–H and O–H groups in total. The molecular formula is C32H32N2O2S. The summed E-state index contributed by atoms with van der Waals surface area (Å²) in [5.74, 6) is 1.47. The Morgan fingerprint density at radius 2 is 1.76 bits per heavy atom. The summed E-state index contributed by atoms with van der Waals surface area (Å²) in [6, 6.07) is 24.9. The Morgan fingerprint density at radius 3 is 2.54 bits per heavy atom. The predicted molar refractivity (Wildman–Crippen MR) is 151 cm³/mol. The summed E-state index contributed by atoms with van der Waals surface area (Å²) >= 11 is 1.62. The molecule has 2 aliphatic carbocycles. The highest BCUT2D eigenvalue weighted by Crippen LogP contribution is 2.49. The summed E-state index contributed by atoms with van der Waals surface area (Å²) in [6.45, 7) is 2.10. The molecule has 0 unspecified atom stereocenters. The molecule has 4 nitrogen and oxygen atoms in total. The summed E-state index contributed by atoms with van der Waals surface area (Å²) in [5.41, 5.74) is 7.40. The molecule has 0 aliphatic heterocycles. The minimum absolute atomic E-state index is 0.0704. The first-order chi connectivity index (χ1) is 18.1. The fourth-order valence-electron chi connectivity index (χ4n) is 6.09. The van der Waals surface area contributed by atoms with E-state index in [1.54, 1.807) is 18.9 Å². The highest BCUT2D eigenvalue weighted by atomic mass is 32.2. The summed E-state index contributed by atoms with van der Waals surface area (Å²) in [6.07, 6.45) is 6.55. The highest BCUT2D eigenvalue weighted by molar-refractivity contribution is 7.98. The summed E-state index contributed by atoms with van der Waals surface area (Å²) in [4.78, 5) is 20.0. The number of benzene rings is 3. The van der Waals surface area contributed by atoms with Gasteiger partial charge in [0.2, 0.25) is 0 Å². The van der Waals surface area contributed by atoms with E-state index in [0.717, 1.165) is 71.3 Å². The van der Waals surface area contributed by atoms with E-state index >= 15 is 0 Å². The molecule has 3 aromatic carbocycles. The Morgan fingerprint density at radius 1 is 0.973 bits per heavy atom. The zero-order valence-electron chi connectivity index (χ0n) is 21.5. The van der Waals surface area contributed by atoms with Crippen molar-refractivity contribution in [3.8, 4) is 22.7 Å². The zero-order chi connectivity index (χ0) is 25.4. The van der Waals surface area contributed by atoms with Crippen LogP contribution in [0.15, 0.2) is 82.7 Å². The smallest absolute Gasteiger partial charge is 0.263 e. The average molecular weight is 509 g/mol. The Bertz CT molecular complexity index is 1500. The second-order valence-corrected chi connectivity index (χ2v) is 11.4. The first-order valence-electron chi connectivity index (χ1n) is 13.2. The summed E-state index contributed by atoms with van der Waals surface area (Å²) in [5, 5.41) is 0.722. The van der Waals surface area contributed by atoms with Crippen LogP contribution in [0.25, 0.3) is 16.9 Å². The maximum absolute atomic E-state index is 14.6. The lowest BCUT2D eigenvalue weighted by atomic mass is 9.62. The third-order valence-corrected chi connectivity index (χ3v) is 9.00. The highest BCUT2D eigenvalue weighted by Gasteiger charge is 2.43. The van der Waals surface area contributed by atoms with Crippen LogP contribution in [-0.4, -0.2) is 16.7 Å². The SMILES string of the molecule is COc1cccc(-n2c(SCc3ccc(C)cc3)nc3c(c2=O)C2(CCCCC2)Cc2ccccc2-3)c1. The maximum atomic E-state index is 14.6. The van der Waals surface area contributed by atoms with Crippen molar-refractivity contribution in [1.29, 1.82) is 0 Å². The van der Waals surface area contributed by atoms with Crippen LogP contribution in [0.2, 0.25) is 0 Å². The first-order valence-corrected chi connectivity index (χ1v) is 14.2. The van der Waals surface area contributed by atoms with Crippen molar-refractivity contribution in [3.63, 3.8) is 0 Å². The van der Waals surface area contributed by atoms with Crippen molar-refractivity contribution in [2.24, 2.45) is 0 Å². The van der Waals surface area contributed by atoms with Crippen molar-refractivity contribution in [2.45, 2.75) is 61.8 Å². The molecular weight excluding hydrogens is 476 g/mol. The van der Waals surface area contributed by atoms with Gasteiger partial charge in [-0.2, -0.15) is 0 Å². The normalized spacial score (nSPS) is 15.7. The second kappa shape index (κ2) is 9.86. The maximum Gasteiger partial charge on any atom is 0.263 e. The lowest BCUT2D eigenvalue weighted by Crippen LogP contribution is -2.42. The van der Waals surface area contributed by atoms with Gasteiger partial charge in [0.15, 0.2) is 5.16 Å². The van der Waals surface area contributed by atoms with Gasteiger partial charge in [0, 0.05) is 22.8 Å². The average Bonchev–Trinajstić information content (AvgIpc) is 2.93. The molecule has 1 saturated carbocycles. The van der Waals surface area contributed by atoms with E-state index in [4.69, 9.17) is 9.72 Å². The number of aryl methyl sites for hydroxylation is 1. The second-order valence-electron chi connectivity index (χ2n) is 10.4. The Labute approximate surface area is 222 Å². The number of rotatable bonds is 5. The van der Waals surface area contributed by atoms with Crippen LogP contribution >= 0.6 is 11.8 Å². The number of methoxy groups -OCH3 is 1. The van der Waals surface area contributed by atoms with Gasteiger partial charge in [-0.05, 0) is 49.4 Å². The molecule has 1 spiro atoms. The van der Waals surface area contributed by atoms with E-state index in [2.05, 4.69) is 55.5 Å². The first kappa shape index (κ1) is 24.1. The minimum atomic E-state index is -0.146. The lowest BCUT2D eigenvalue weighted by Gasteiger charge is -2.42. The number of aromatic nitrogens is 2. The molecule has 188 valence electrons. The van der Waals surface area contributed by atoms with Gasteiger partial charge in [0.05, 0.1) is 24.1 Å². The van der Waals surface area contributed by atoms with Gasteiger partial charge in [-0.25, -0.2) is 4.98 Å². The largest absolute Gasteiger partial charge is 0.497 e. The zero-order valence-corrected chi connectivity index (χ0v) is 22.3. The van der Waals surface area contributed by atoms with Gasteiger partial charge >= 0.3 is 0 Å². The van der Waals surface area contributed by atoms with Gasteiger partial charge in [-0.1, -0.05) is 91.2 Å². The molecule has 37 heavy (non-hydrogen) atoms. The van der Waals surface area contributed by atoms with Crippen LogP contribution in [-0.2, 0) is 17.6 Å². The number of fused-ring (bicyclic) bond motifs is 4. The number of ether oxygens (including phenoxy) is 1. The summed E-state index contributed by atoms with van der Waals surface area (Å²) in [7, 11) is 1.66. The molecule has 1 fully saturated rings. The summed E-state index contributed by atoms with van der Waals surface area (Å²) < 4.78 is 7.36. The fourth-order valence-corrected chi connectivity index (χ4v) is 7.06. The predicted octanol–water partition coefficient (Wildman–Crippen LogP) is 7.27. The topological polar surface area (TPSA) is 44.1 Å². The lowest BCUT2D eigenvalue weighted by molar-refractivity contribution is 0.283. The Hall–Kier alpha value is -3.31. The van der Waals surface area contributed by atoms with E-state index in [-0.39, 0.29) is 11.0 Å². The van der Waals surface area contributed by atoms with Crippen LogP contribution in [0.4, 0.5) is 0 Å². The monoisotopic (exact) mass is 508 g/mol. The molecule has 6 rings (SSSR count). The van der Waals surface area contributed by atoms with Gasteiger partial charge in [-0.15, -0.1) is 0 Å². The van der Waals surface area contributed by atoms with E-state index in [1.165, 1.54) is 23.1 Å². The standard InChI is InChI=1S/C32H32N2O2S/c1-22-13-15-23(16-14-22)21-37-31-33-29-27-12-5-4-9-24(27)20-32(17-6-3-7-18-32)28(29)30(35)34(31)25-10-8-11-26(19-25)36-2/h4-5,8-16,19H,3,6-7,17-18,20-21H2,1-2H3. The third-order valence-electron chi connectivity index (χ3n) is 7.99. The molecule has 1 aromatic heterocycles. The van der Waals surface area contributed by atoms with Crippen molar-refractivity contribution < 1.29 is 4.74 Å². The van der Waals surface area contributed by atoms with Gasteiger partial charge < -0.3 is 4.74 Å². The van der Waals surface area contributed by atoms with Gasteiger partial charge in [0.1, 0.15) is 5.75 Å². The van der Waals surface area contributed by atoms with Crippen molar-refractivity contribution in [1.82, 2.24) is 9.55 Å². The number of hydrogen-bond donors (Lipinski definition) is 0. The molecule has 1 heterocycles.